The Kier molecular flexibility index (Phi) is 4.66. The Labute approximate surface area is 114 Å². The van der Waals surface area contributed by atoms with Gasteiger partial charge in [-0.15, -0.1) is 0 Å². The summed E-state index contributed by atoms with van der Waals surface area (Å²) in [6.45, 7) is 2.84. The average molecular weight is 268 g/mol. The second-order valence-corrected chi connectivity index (χ2v) is 6.00. The van der Waals surface area contributed by atoms with E-state index in [1.54, 1.807) is 6.92 Å². The van der Waals surface area contributed by atoms with Gasteiger partial charge in [0, 0.05) is 13.1 Å². The largest absolute Gasteiger partial charge is 0.481 e. The number of hydrogen-bond donors (Lipinski definition) is 3. The summed E-state index contributed by atoms with van der Waals surface area (Å²) < 4.78 is 0. The summed E-state index contributed by atoms with van der Waals surface area (Å²) in [7, 11) is 0. The monoisotopic (exact) mass is 268 g/mol. The van der Waals surface area contributed by atoms with Gasteiger partial charge >= 0.3 is 12.0 Å². The quantitative estimate of drug-likeness (QED) is 0.628. The van der Waals surface area contributed by atoms with E-state index in [1.807, 2.05) is 0 Å². The molecule has 0 bridgehead atoms. The zero-order valence-corrected chi connectivity index (χ0v) is 11.5. The molecule has 0 aromatic heterocycles. The number of rotatable bonds is 8. The van der Waals surface area contributed by atoms with Crippen molar-refractivity contribution >= 4 is 12.0 Å². The summed E-state index contributed by atoms with van der Waals surface area (Å²) in [6, 6.07) is -0.163. The topological polar surface area (TPSA) is 78.4 Å². The van der Waals surface area contributed by atoms with Crippen molar-refractivity contribution < 1.29 is 14.7 Å². The molecule has 0 aliphatic heterocycles. The molecular weight excluding hydrogens is 244 g/mol. The Morgan fingerprint density at radius 1 is 1.16 bits per heavy atom. The standard InChI is InChI=1S/C14H24N2O3/c1-9(13(17)18)6-7-15-14(19)16-8-12(10-2-3-10)11-4-5-11/h9-12H,2-8H2,1H3,(H,17,18)(H2,15,16,19). The Morgan fingerprint density at radius 3 is 2.21 bits per heavy atom. The van der Waals surface area contributed by atoms with Crippen LogP contribution in [0, 0.1) is 23.7 Å². The van der Waals surface area contributed by atoms with E-state index in [2.05, 4.69) is 10.6 Å². The van der Waals surface area contributed by atoms with E-state index in [0.717, 1.165) is 18.4 Å². The molecule has 2 aliphatic carbocycles. The lowest BCUT2D eigenvalue weighted by molar-refractivity contribution is -0.141. The van der Waals surface area contributed by atoms with E-state index in [9.17, 15) is 9.59 Å². The molecule has 5 nitrogen and oxygen atoms in total. The number of carboxylic acid groups (broad SMARTS) is 1. The first kappa shape index (κ1) is 14.2. The van der Waals surface area contributed by atoms with Gasteiger partial charge in [-0.1, -0.05) is 6.92 Å². The Bertz CT molecular complexity index is 326. The van der Waals surface area contributed by atoms with Crippen molar-refractivity contribution in [3.63, 3.8) is 0 Å². The highest BCUT2D eigenvalue weighted by Crippen LogP contribution is 2.48. The third-order valence-corrected chi connectivity index (χ3v) is 4.24. The normalized spacial score (nSPS) is 20.1. The van der Waals surface area contributed by atoms with Crippen LogP contribution < -0.4 is 10.6 Å². The smallest absolute Gasteiger partial charge is 0.314 e. The van der Waals surface area contributed by atoms with Crippen molar-refractivity contribution in [2.24, 2.45) is 23.7 Å². The summed E-state index contributed by atoms with van der Waals surface area (Å²) in [5, 5.41) is 14.4. The second kappa shape index (κ2) is 6.26. The molecule has 2 rings (SSSR count). The van der Waals surface area contributed by atoms with Crippen molar-refractivity contribution in [3.05, 3.63) is 0 Å². The zero-order valence-electron chi connectivity index (χ0n) is 11.5. The van der Waals surface area contributed by atoms with E-state index in [4.69, 9.17) is 5.11 Å². The van der Waals surface area contributed by atoms with Crippen LogP contribution in [0.5, 0.6) is 0 Å². The number of aliphatic carboxylic acids is 1. The molecule has 1 atom stereocenters. The molecule has 0 aromatic rings. The minimum atomic E-state index is -0.815. The molecule has 3 N–H and O–H groups in total. The summed E-state index contributed by atoms with van der Waals surface area (Å²) in [4.78, 5) is 22.2. The number of carboxylic acids is 1. The van der Waals surface area contributed by atoms with Crippen LogP contribution in [0.4, 0.5) is 4.79 Å². The highest BCUT2D eigenvalue weighted by atomic mass is 16.4. The van der Waals surface area contributed by atoms with Crippen LogP contribution in [0.15, 0.2) is 0 Å². The molecule has 0 heterocycles. The third kappa shape index (κ3) is 4.73. The molecule has 5 heteroatoms. The molecule has 0 aromatic carbocycles. The van der Waals surface area contributed by atoms with Crippen LogP contribution in [0.2, 0.25) is 0 Å². The number of hydrogen-bond acceptors (Lipinski definition) is 2. The maximum absolute atomic E-state index is 11.6. The highest BCUT2D eigenvalue weighted by molar-refractivity contribution is 5.74. The number of amides is 2. The number of carbonyl (C=O) groups is 2. The minimum absolute atomic E-state index is 0.163. The van der Waals surface area contributed by atoms with Crippen LogP contribution in [0.25, 0.3) is 0 Å². The van der Waals surface area contributed by atoms with Crippen LogP contribution in [0.1, 0.15) is 39.0 Å². The third-order valence-electron chi connectivity index (χ3n) is 4.24. The fraction of sp³-hybridized carbons (Fsp3) is 0.857. The van der Waals surface area contributed by atoms with E-state index in [0.29, 0.717) is 18.9 Å². The molecule has 2 saturated carbocycles. The first-order chi connectivity index (χ1) is 9.08. The van der Waals surface area contributed by atoms with Gasteiger partial charge in [-0.3, -0.25) is 4.79 Å². The molecule has 2 aliphatic rings. The fourth-order valence-electron chi connectivity index (χ4n) is 2.57. The lowest BCUT2D eigenvalue weighted by Gasteiger charge is -2.16. The van der Waals surface area contributed by atoms with E-state index in [1.165, 1.54) is 25.7 Å². The summed E-state index contributed by atoms with van der Waals surface area (Å²) in [6.07, 6.45) is 5.75. The average Bonchev–Trinajstić information content (AvgIpc) is 3.22. The SMILES string of the molecule is CC(CCNC(=O)NCC(C1CC1)C1CC1)C(=O)O. The Hall–Kier alpha value is -1.26. The summed E-state index contributed by atoms with van der Waals surface area (Å²) in [5.41, 5.74) is 0. The van der Waals surface area contributed by atoms with Crippen molar-refractivity contribution in [2.75, 3.05) is 13.1 Å². The predicted molar refractivity (Wildman–Crippen MR) is 71.8 cm³/mol. The lowest BCUT2D eigenvalue weighted by Crippen LogP contribution is -2.40. The maximum atomic E-state index is 11.6. The summed E-state index contributed by atoms with van der Waals surface area (Å²) in [5.74, 6) is 1.11. The lowest BCUT2D eigenvalue weighted by atomic mass is 9.98. The molecule has 2 amide bonds. The molecule has 2 fully saturated rings. The van der Waals surface area contributed by atoms with Crippen LogP contribution in [-0.2, 0) is 4.79 Å². The maximum Gasteiger partial charge on any atom is 0.314 e. The van der Waals surface area contributed by atoms with Gasteiger partial charge in [0.15, 0.2) is 0 Å². The zero-order chi connectivity index (χ0) is 13.8. The van der Waals surface area contributed by atoms with Gasteiger partial charge in [-0.2, -0.15) is 0 Å². The molecule has 108 valence electrons. The first-order valence-corrected chi connectivity index (χ1v) is 7.32. The Morgan fingerprint density at radius 2 is 1.74 bits per heavy atom. The first-order valence-electron chi connectivity index (χ1n) is 7.32. The van der Waals surface area contributed by atoms with Gasteiger partial charge in [0.1, 0.15) is 0 Å². The van der Waals surface area contributed by atoms with Crippen molar-refractivity contribution in [1.82, 2.24) is 10.6 Å². The molecule has 0 radical (unpaired) electrons. The van der Waals surface area contributed by atoms with Gasteiger partial charge in [-0.25, -0.2) is 4.79 Å². The van der Waals surface area contributed by atoms with Crippen molar-refractivity contribution in [1.29, 1.82) is 0 Å². The molecule has 0 saturated heterocycles. The predicted octanol–water partition coefficient (Wildman–Crippen LogP) is 1.83. The van der Waals surface area contributed by atoms with Crippen LogP contribution in [0.3, 0.4) is 0 Å². The van der Waals surface area contributed by atoms with Gasteiger partial charge in [0.25, 0.3) is 0 Å². The number of carbonyl (C=O) groups excluding carboxylic acids is 1. The van der Waals surface area contributed by atoms with Crippen LogP contribution in [-0.4, -0.2) is 30.2 Å². The van der Waals surface area contributed by atoms with Crippen molar-refractivity contribution in [3.8, 4) is 0 Å². The Balaban J connectivity index is 1.57. The molecule has 19 heavy (non-hydrogen) atoms. The number of nitrogens with one attached hydrogen (secondary N) is 2. The fourth-order valence-corrected chi connectivity index (χ4v) is 2.57. The van der Waals surface area contributed by atoms with Crippen LogP contribution >= 0.6 is 0 Å². The summed E-state index contributed by atoms with van der Waals surface area (Å²) >= 11 is 0. The van der Waals surface area contributed by atoms with Gasteiger partial charge in [-0.05, 0) is 49.9 Å². The molecular formula is C14H24N2O3. The van der Waals surface area contributed by atoms with Gasteiger partial charge in [0.2, 0.25) is 0 Å². The van der Waals surface area contributed by atoms with Crippen molar-refractivity contribution in [2.45, 2.75) is 39.0 Å². The molecule has 0 spiro atoms. The van der Waals surface area contributed by atoms with E-state index in [-0.39, 0.29) is 6.03 Å². The second-order valence-electron chi connectivity index (χ2n) is 6.00. The van der Waals surface area contributed by atoms with E-state index >= 15 is 0 Å². The minimum Gasteiger partial charge on any atom is -0.481 e. The van der Waals surface area contributed by atoms with Gasteiger partial charge < -0.3 is 15.7 Å². The molecule has 1 unspecified atom stereocenters. The van der Waals surface area contributed by atoms with Gasteiger partial charge in [0.05, 0.1) is 5.92 Å². The number of urea groups is 1. The van der Waals surface area contributed by atoms with E-state index < -0.39 is 11.9 Å². The highest BCUT2D eigenvalue weighted by Gasteiger charge is 2.41.